The van der Waals surface area contributed by atoms with E-state index in [1.807, 2.05) is 12.1 Å². The van der Waals surface area contributed by atoms with Crippen LogP contribution in [0.5, 0.6) is 0 Å². The van der Waals surface area contributed by atoms with E-state index in [1.54, 1.807) is 6.20 Å². The van der Waals surface area contributed by atoms with E-state index in [9.17, 15) is 0 Å². The monoisotopic (exact) mass is 181 g/mol. The number of rotatable bonds is 1. The Morgan fingerprint density at radius 3 is 3.08 bits per heavy atom. The highest BCUT2D eigenvalue weighted by atomic mass is 35.5. The first-order valence-corrected chi connectivity index (χ1v) is 4.01. The van der Waals surface area contributed by atoms with E-state index < -0.39 is 0 Å². The first-order valence-electron chi connectivity index (χ1n) is 3.63. The maximum Gasteiger partial charge on any atom is 0.0839 e. The fraction of sp³-hybridized carbons (Fsp3) is 0.125. The zero-order valence-corrected chi connectivity index (χ0v) is 7.10. The predicted octanol–water partition coefficient (Wildman–Crippen LogP) is 1.67. The third-order valence-electron chi connectivity index (χ3n) is 1.85. The molecule has 3 N–H and O–H groups in total. The summed E-state index contributed by atoms with van der Waals surface area (Å²) in [4.78, 5) is 0. The molecule has 0 aliphatic rings. The van der Waals surface area contributed by atoms with Crippen LogP contribution in [0.25, 0.3) is 10.9 Å². The van der Waals surface area contributed by atoms with Gasteiger partial charge in [0, 0.05) is 11.9 Å². The molecule has 0 unspecified atom stereocenters. The minimum Gasteiger partial charge on any atom is -0.326 e. The molecule has 2 aromatic rings. The Kier molecular flexibility index (Phi) is 1.75. The van der Waals surface area contributed by atoms with Crippen molar-refractivity contribution in [2.24, 2.45) is 5.73 Å². The number of fused-ring (bicyclic) bond motifs is 1. The summed E-state index contributed by atoms with van der Waals surface area (Å²) in [6.07, 6.45) is 1.74. The lowest BCUT2D eigenvalue weighted by molar-refractivity contribution is 1.07. The van der Waals surface area contributed by atoms with Crippen LogP contribution in [0, 0.1) is 0 Å². The SMILES string of the molecule is NCc1ccc2cn[nH]c2c1Cl. The standard InChI is InChI=1S/C8H8ClN3/c9-7-5(3-10)1-2-6-4-11-12-8(6)7/h1-2,4H,3,10H2,(H,11,12). The minimum absolute atomic E-state index is 0.452. The average Bonchev–Trinajstić information content (AvgIpc) is 2.53. The molecule has 0 saturated carbocycles. The molecule has 0 aliphatic heterocycles. The van der Waals surface area contributed by atoms with Crippen LogP contribution >= 0.6 is 11.6 Å². The van der Waals surface area contributed by atoms with Crippen LogP contribution in [0.2, 0.25) is 5.02 Å². The lowest BCUT2D eigenvalue weighted by atomic mass is 10.2. The number of nitrogens with two attached hydrogens (primary N) is 1. The topological polar surface area (TPSA) is 54.7 Å². The molecule has 0 saturated heterocycles. The highest BCUT2D eigenvalue weighted by Crippen LogP contribution is 2.24. The third-order valence-corrected chi connectivity index (χ3v) is 2.29. The molecule has 0 aliphatic carbocycles. The van der Waals surface area contributed by atoms with Crippen LogP contribution in [0.4, 0.5) is 0 Å². The molecular weight excluding hydrogens is 174 g/mol. The Morgan fingerprint density at radius 2 is 2.33 bits per heavy atom. The molecule has 0 amide bonds. The summed E-state index contributed by atoms with van der Waals surface area (Å²) in [7, 11) is 0. The van der Waals surface area contributed by atoms with Gasteiger partial charge in [0.1, 0.15) is 0 Å². The van der Waals surface area contributed by atoms with Gasteiger partial charge in [-0.2, -0.15) is 5.10 Å². The largest absolute Gasteiger partial charge is 0.326 e. The third kappa shape index (κ3) is 0.983. The van der Waals surface area contributed by atoms with Crippen LogP contribution in [-0.2, 0) is 6.54 Å². The second-order valence-corrected chi connectivity index (χ2v) is 2.95. The van der Waals surface area contributed by atoms with Gasteiger partial charge in [-0.25, -0.2) is 0 Å². The van der Waals surface area contributed by atoms with E-state index >= 15 is 0 Å². The van der Waals surface area contributed by atoms with Gasteiger partial charge in [0.15, 0.2) is 0 Å². The van der Waals surface area contributed by atoms with Crippen LogP contribution in [-0.4, -0.2) is 10.2 Å². The Bertz CT molecular complexity index is 408. The maximum atomic E-state index is 6.03. The van der Waals surface area contributed by atoms with Crippen molar-refractivity contribution >= 4 is 22.5 Å². The Labute approximate surface area is 74.5 Å². The molecule has 1 heterocycles. The van der Waals surface area contributed by atoms with Crippen molar-refractivity contribution in [3.8, 4) is 0 Å². The quantitative estimate of drug-likeness (QED) is 0.703. The predicted molar refractivity (Wildman–Crippen MR) is 49.0 cm³/mol. The van der Waals surface area contributed by atoms with Gasteiger partial charge < -0.3 is 5.73 Å². The zero-order chi connectivity index (χ0) is 8.55. The molecule has 0 spiro atoms. The lowest BCUT2D eigenvalue weighted by Crippen LogP contribution is -1.96. The average molecular weight is 182 g/mol. The first-order chi connectivity index (χ1) is 5.83. The molecule has 12 heavy (non-hydrogen) atoms. The van der Waals surface area contributed by atoms with Gasteiger partial charge >= 0.3 is 0 Å². The summed E-state index contributed by atoms with van der Waals surface area (Å²) >= 11 is 6.03. The van der Waals surface area contributed by atoms with Crippen LogP contribution in [0.15, 0.2) is 18.3 Å². The highest BCUT2D eigenvalue weighted by molar-refractivity contribution is 6.35. The van der Waals surface area contributed by atoms with Gasteiger partial charge in [-0.15, -0.1) is 0 Å². The summed E-state index contributed by atoms with van der Waals surface area (Å²) in [6.45, 7) is 0.452. The van der Waals surface area contributed by atoms with Crippen molar-refractivity contribution in [2.45, 2.75) is 6.54 Å². The number of benzene rings is 1. The van der Waals surface area contributed by atoms with Gasteiger partial charge in [0.05, 0.1) is 16.7 Å². The Balaban J connectivity index is 2.78. The number of aromatic amines is 1. The van der Waals surface area contributed by atoms with Gasteiger partial charge in [0.2, 0.25) is 0 Å². The van der Waals surface area contributed by atoms with Crippen molar-refractivity contribution in [3.63, 3.8) is 0 Å². The summed E-state index contributed by atoms with van der Waals surface area (Å²) in [5, 5.41) is 8.40. The minimum atomic E-state index is 0.452. The van der Waals surface area contributed by atoms with Crippen molar-refractivity contribution in [1.82, 2.24) is 10.2 Å². The molecule has 1 aromatic heterocycles. The van der Waals surface area contributed by atoms with Crippen LogP contribution in [0.1, 0.15) is 5.56 Å². The molecule has 3 nitrogen and oxygen atoms in total. The van der Waals surface area contributed by atoms with E-state index in [4.69, 9.17) is 17.3 Å². The second-order valence-electron chi connectivity index (χ2n) is 2.58. The second kappa shape index (κ2) is 2.77. The molecule has 2 rings (SSSR count). The van der Waals surface area contributed by atoms with Crippen molar-refractivity contribution in [1.29, 1.82) is 0 Å². The molecule has 0 fully saturated rings. The molecular formula is C8H8ClN3. The fourth-order valence-corrected chi connectivity index (χ4v) is 1.47. The highest BCUT2D eigenvalue weighted by Gasteiger charge is 2.04. The number of nitrogens with zero attached hydrogens (tertiary/aromatic N) is 1. The van der Waals surface area contributed by atoms with E-state index in [0.29, 0.717) is 11.6 Å². The van der Waals surface area contributed by atoms with E-state index in [1.165, 1.54) is 0 Å². The lowest BCUT2D eigenvalue weighted by Gasteiger charge is -2.00. The number of H-pyrrole nitrogens is 1. The Hall–Kier alpha value is -1.06. The van der Waals surface area contributed by atoms with Crippen molar-refractivity contribution in [2.75, 3.05) is 0 Å². The van der Waals surface area contributed by atoms with E-state index in [2.05, 4.69) is 10.2 Å². The smallest absolute Gasteiger partial charge is 0.0839 e. The van der Waals surface area contributed by atoms with E-state index in [-0.39, 0.29) is 0 Å². The zero-order valence-electron chi connectivity index (χ0n) is 6.34. The molecule has 1 aromatic carbocycles. The summed E-state index contributed by atoms with van der Waals surface area (Å²) in [6, 6.07) is 3.87. The molecule has 0 radical (unpaired) electrons. The van der Waals surface area contributed by atoms with Crippen LogP contribution in [0.3, 0.4) is 0 Å². The summed E-state index contributed by atoms with van der Waals surface area (Å²) in [5.41, 5.74) is 7.29. The number of nitrogens with one attached hydrogen (secondary N) is 1. The molecule has 0 bridgehead atoms. The number of hydrogen-bond acceptors (Lipinski definition) is 2. The van der Waals surface area contributed by atoms with Gasteiger partial charge in [-0.1, -0.05) is 23.7 Å². The van der Waals surface area contributed by atoms with Gasteiger partial charge in [-0.3, -0.25) is 5.10 Å². The number of aromatic nitrogens is 2. The van der Waals surface area contributed by atoms with Crippen molar-refractivity contribution in [3.05, 3.63) is 28.9 Å². The summed E-state index contributed by atoms with van der Waals surface area (Å²) < 4.78 is 0. The number of halogens is 1. The normalized spacial score (nSPS) is 10.8. The number of hydrogen-bond donors (Lipinski definition) is 2. The van der Waals surface area contributed by atoms with Gasteiger partial charge in [0.25, 0.3) is 0 Å². The maximum absolute atomic E-state index is 6.03. The van der Waals surface area contributed by atoms with Crippen molar-refractivity contribution < 1.29 is 0 Å². The Morgan fingerprint density at radius 1 is 1.50 bits per heavy atom. The summed E-state index contributed by atoms with van der Waals surface area (Å²) in [5.74, 6) is 0. The van der Waals surface area contributed by atoms with E-state index in [0.717, 1.165) is 16.5 Å². The molecule has 0 atom stereocenters. The first kappa shape index (κ1) is 7.58. The molecule has 4 heteroatoms. The van der Waals surface area contributed by atoms with Gasteiger partial charge in [-0.05, 0) is 5.56 Å². The fourth-order valence-electron chi connectivity index (χ4n) is 1.18. The van der Waals surface area contributed by atoms with Crippen LogP contribution < -0.4 is 5.73 Å². The molecule has 62 valence electrons.